The SMILES string of the molecule is CC[C@@H](C)NC(=O)[C@H](CC)N(CCc1ccccc1)C(=O)CN(c1ccc(C)c(C)c1)S(=O)(=O)c1ccc(Cl)cc1. The number of hydrogen-bond acceptors (Lipinski definition) is 4. The Labute approximate surface area is 249 Å². The molecule has 2 amide bonds. The number of anilines is 1. The lowest BCUT2D eigenvalue weighted by atomic mass is 10.1. The third-order valence-electron chi connectivity index (χ3n) is 7.33. The van der Waals surface area contributed by atoms with E-state index in [-0.39, 0.29) is 23.4 Å². The summed E-state index contributed by atoms with van der Waals surface area (Å²) in [6, 6.07) is 20.1. The van der Waals surface area contributed by atoms with Crippen molar-refractivity contribution < 1.29 is 18.0 Å². The summed E-state index contributed by atoms with van der Waals surface area (Å²) in [5.41, 5.74) is 3.28. The van der Waals surface area contributed by atoms with Crippen LogP contribution in [0.5, 0.6) is 0 Å². The summed E-state index contributed by atoms with van der Waals surface area (Å²) in [6.45, 7) is 9.39. The number of amides is 2. The first-order chi connectivity index (χ1) is 19.5. The average molecular weight is 598 g/mol. The standard InChI is InChI=1S/C32H40ClN3O4S/c1-6-25(5)34-32(38)30(7-2)35(20-19-26-11-9-8-10-12-26)31(37)22-36(28-16-13-23(3)24(4)21-28)41(39,40)29-17-14-27(33)15-18-29/h8-18,21,25,30H,6-7,19-20,22H2,1-5H3,(H,34,38)/t25-,30+/m1/s1. The molecule has 0 aliphatic carbocycles. The molecule has 3 aromatic rings. The Morgan fingerprint density at radius 1 is 0.902 bits per heavy atom. The van der Waals surface area contributed by atoms with E-state index in [1.165, 1.54) is 29.2 Å². The van der Waals surface area contributed by atoms with Crippen LogP contribution in [-0.2, 0) is 26.0 Å². The predicted molar refractivity (Wildman–Crippen MR) is 166 cm³/mol. The predicted octanol–water partition coefficient (Wildman–Crippen LogP) is 5.92. The van der Waals surface area contributed by atoms with Crippen LogP contribution in [0.3, 0.4) is 0 Å². The summed E-state index contributed by atoms with van der Waals surface area (Å²) in [5.74, 6) is -0.704. The van der Waals surface area contributed by atoms with Crippen LogP contribution < -0.4 is 9.62 Å². The Morgan fingerprint density at radius 3 is 2.15 bits per heavy atom. The normalized spacial score (nSPS) is 12.8. The maximum atomic E-state index is 14.1. The number of hydrogen-bond donors (Lipinski definition) is 1. The lowest BCUT2D eigenvalue weighted by molar-refractivity contribution is -0.139. The van der Waals surface area contributed by atoms with Crippen LogP contribution in [0.4, 0.5) is 5.69 Å². The van der Waals surface area contributed by atoms with Gasteiger partial charge in [-0.05, 0) is 93.1 Å². The minimum atomic E-state index is -4.15. The van der Waals surface area contributed by atoms with Gasteiger partial charge in [-0.1, -0.05) is 61.8 Å². The molecule has 0 heterocycles. The molecule has 0 saturated heterocycles. The van der Waals surface area contributed by atoms with Crippen molar-refractivity contribution in [2.45, 2.75) is 70.9 Å². The molecule has 0 bridgehead atoms. The topological polar surface area (TPSA) is 86.8 Å². The molecule has 0 fully saturated rings. The van der Waals surface area contributed by atoms with Gasteiger partial charge in [0.05, 0.1) is 10.6 Å². The third kappa shape index (κ3) is 8.33. The number of carbonyl (C=O) groups is 2. The Morgan fingerprint density at radius 2 is 1.56 bits per heavy atom. The van der Waals surface area contributed by atoms with Crippen molar-refractivity contribution in [2.24, 2.45) is 0 Å². The van der Waals surface area contributed by atoms with Crippen LogP contribution in [0.25, 0.3) is 0 Å². The molecule has 0 unspecified atom stereocenters. The highest BCUT2D eigenvalue weighted by Crippen LogP contribution is 2.27. The Bertz CT molecular complexity index is 1430. The summed E-state index contributed by atoms with van der Waals surface area (Å²) in [5, 5.41) is 3.40. The van der Waals surface area contributed by atoms with Crippen molar-refractivity contribution in [3.05, 3.63) is 94.5 Å². The van der Waals surface area contributed by atoms with E-state index in [0.29, 0.717) is 23.6 Å². The lowest BCUT2D eigenvalue weighted by Crippen LogP contribution is -2.54. The van der Waals surface area contributed by atoms with E-state index >= 15 is 0 Å². The first-order valence-corrected chi connectivity index (χ1v) is 15.8. The maximum Gasteiger partial charge on any atom is 0.264 e. The molecule has 0 aliphatic heterocycles. The van der Waals surface area contributed by atoms with E-state index in [2.05, 4.69) is 5.32 Å². The second kappa shape index (κ2) is 14.5. The first kappa shape index (κ1) is 32.2. The van der Waals surface area contributed by atoms with Gasteiger partial charge >= 0.3 is 0 Å². The summed E-state index contributed by atoms with van der Waals surface area (Å²) in [4.78, 5) is 29.0. The number of nitrogens with zero attached hydrogens (tertiary/aromatic N) is 2. The van der Waals surface area contributed by atoms with Gasteiger partial charge in [-0.3, -0.25) is 13.9 Å². The fourth-order valence-electron chi connectivity index (χ4n) is 4.48. The zero-order valence-electron chi connectivity index (χ0n) is 24.4. The first-order valence-electron chi connectivity index (χ1n) is 14.0. The van der Waals surface area contributed by atoms with Crippen LogP contribution in [0.1, 0.15) is 50.3 Å². The van der Waals surface area contributed by atoms with Crippen molar-refractivity contribution in [2.75, 3.05) is 17.4 Å². The van der Waals surface area contributed by atoms with E-state index < -0.39 is 28.5 Å². The van der Waals surface area contributed by atoms with Crippen molar-refractivity contribution in [3.8, 4) is 0 Å². The smallest absolute Gasteiger partial charge is 0.264 e. The van der Waals surface area contributed by atoms with Crippen LogP contribution in [0.2, 0.25) is 5.02 Å². The van der Waals surface area contributed by atoms with Gasteiger partial charge in [-0.25, -0.2) is 8.42 Å². The van der Waals surface area contributed by atoms with Gasteiger partial charge in [0.15, 0.2) is 0 Å². The number of aryl methyl sites for hydroxylation is 2. The van der Waals surface area contributed by atoms with Crippen LogP contribution >= 0.6 is 11.6 Å². The maximum absolute atomic E-state index is 14.1. The van der Waals surface area contributed by atoms with Gasteiger partial charge in [0.1, 0.15) is 12.6 Å². The van der Waals surface area contributed by atoms with E-state index in [4.69, 9.17) is 11.6 Å². The van der Waals surface area contributed by atoms with E-state index in [1.807, 2.05) is 71.0 Å². The summed E-state index contributed by atoms with van der Waals surface area (Å²) in [6.07, 6.45) is 1.66. The highest BCUT2D eigenvalue weighted by Gasteiger charge is 2.33. The highest BCUT2D eigenvalue weighted by molar-refractivity contribution is 7.92. The molecule has 2 atom stereocenters. The minimum absolute atomic E-state index is 0.0188. The zero-order valence-corrected chi connectivity index (χ0v) is 26.0. The third-order valence-corrected chi connectivity index (χ3v) is 9.37. The van der Waals surface area contributed by atoms with Crippen LogP contribution in [0.15, 0.2) is 77.7 Å². The molecular weight excluding hydrogens is 558 g/mol. The summed E-state index contributed by atoms with van der Waals surface area (Å²) < 4.78 is 29.1. The summed E-state index contributed by atoms with van der Waals surface area (Å²) in [7, 11) is -4.15. The van der Waals surface area contributed by atoms with Crippen LogP contribution in [0, 0.1) is 13.8 Å². The molecule has 0 radical (unpaired) electrons. The molecule has 3 aromatic carbocycles. The van der Waals surface area contributed by atoms with Crippen molar-refractivity contribution in [3.63, 3.8) is 0 Å². The van der Waals surface area contributed by atoms with E-state index in [9.17, 15) is 18.0 Å². The van der Waals surface area contributed by atoms with Gasteiger partial charge in [0.2, 0.25) is 11.8 Å². The molecule has 41 heavy (non-hydrogen) atoms. The van der Waals surface area contributed by atoms with E-state index in [1.54, 1.807) is 12.1 Å². The van der Waals surface area contributed by atoms with Gasteiger partial charge in [-0.15, -0.1) is 0 Å². The fraction of sp³-hybridized carbons (Fsp3) is 0.375. The second-order valence-corrected chi connectivity index (χ2v) is 12.6. The molecule has 1 N–H and O–H groups in total. The van der Waals surface area contributed by atoms with Gasteiger partial charge in [-0.2, -0.15) is 0 Å². The number of carbonyl (C=O) groups excluding carboxylic acids is 2. The van der Waals surface area contributed by atoms with Crippen molar-refractivity contribution in [1.82, 2.24) is 10.2 Å². The monoisotopic (exact) mass is 597 g/mol. The molecule has 0 saturated carbocycles. The number of rotatable bonds is 13. The summed E-state index contributed by atoms with van der Waals surface area (Å²) >= 11 is 6.03. The molecule has 7 nitrogen and oxygen atoms in total. The molecule has 3 rings (SSSR count). The largest absolute Gasteiger partial charge is 0.352 e. The van der Waals surface area contributed by atoms with Crippen molar-refractivity contribution in [1.29, 1.82) is 0 Å². The molecule has 0 aliphatic rings. The Kier molecular flexibility index (Phi) is 11.4. The van der Waals surface area contributed by atoms with Gasteiger partial charge in [0, 0.05) is 17.6 Å². The van der Waals surface area contributed by atoms with Gasteiger partial charge < -0.3 is 10.2 Å². The lowest BCUT2D eigenvalue weighted by Gasteiger charge is -2.34. The molecule has 220 valence electrons. The molecule has 0 spiro atoms. The number of benzene rings is 3. The van der Waals surface area contributed by atoms with Gasteiger partial charge in [0.25, 0.3) is 10.0 Å². The van der Waals surface area contributed by atoms with E-state index in [0.717, 1.165) is 27.4 Å². The fourth-order valence-corrected chi connectivity index (χ4v) is 6.01. The quantitative estimate of drug-likeness (QED) is 0.265. The molecule has 9 heteroatoms. The average Bonchev–Trinajstić information content (AvgIpc) is 2.95. The molecular formula is C32H40ClN3O4S. The zero-order chi connectivity index (χ0) is 30.2. The second-order valence-electron chi connectivity index (χ2n) is 10.3. The Balaban J connectivity index is 2.03. The number of halogens is 1. The highest BCUT2D eigenvalue weighted by atomic mass is 35.5. The molecule has 0 aromatic heterocycles. The number of nitrogens with one attached hydrogen (secondary N) is 1. The van der Waals surface area contributed by atoms with Crippen molar-refractivity contribution >= 4 is 39.1 Å². The number of sulfonamides is 1. The van der Waals surface area contributed by atoms with Crippen LogP contribution in [-0.4, -0.2) is 50.3 Å². The Hall–Kier alpha value is -3.36. The minimum Gasteiger partial charge on any atom is -0.352 e.